The van der Waals surface area contributed by atoms with Crippen LogP contribution in [0.1, 0.15) is 106 Å². The average molecular weight is 513 g/mol. The largest absolute Gasteiger partial charge is 0.460 e. The van der Waals surface area contributed by atoms with Gasteiger partial charge in [0.2, 0.25) is 0 Å². The van der Waals surface area contributed by atoms with Crippen LogP contribution in [0.4, 0.5) is 4.39 Å². The minimum Gasteiger partial charge on any atom is -0.460 e. The van der Waals surface area contributed by atoms with Crippen molar-refractivity contribution in [2.75, 3.05) is 0 Å². The summed E-state index contributed by atoms with van der Waals surface area (Å²) in [7, 11) is 0. The lowest BCUT2D eigenvalue weighted by Crippen LogP contribution is -2.35. The standard InChI is InChI=1S/C28H37FN4O4/c1-17-20(16-36-33-17)27(35)32-24(19-10-8-6-5-7-9-11-19)26-30-21-14-12-18(23(29)25(21)31-26)13-15-22(34)37-28(2,3)4/h12,14,16,19,24H,5-11,13,15H2,1-4H3,(H,30,31)(H,32,35). The van der Waals surface area contributed by atoms with Gasteiger partial charge in [0.25, 0.3) is 5.91 Å². The van der Waals surface area contributed by atoms with Gasteiger partial charge in [-0.05, 0) is 64.5 Å². The summed E-state index contributed by atoms with van der Waals surface area (Å²) in [4.78, 5) is 33.2. The molecule has 0 spiro atoms. The number of carbonyl (C=O) groups is 2. The van der Waals surface area contributed by atoms with E-state index >= 15 is 4.39 Å². The molecule has 2 aromatic heterocycles. The van der Waals surface area contributed by atoms with E-state index < -0.39 is 17.5 Å². The highest BCUT2D eigenvalue weighted by atomic mass is 19.1. The monoisotopic (exact) mass is 512 g/mol. The molecule has 0 bridgehead atoms. The van der Waals surface area contributed by atoms with Crippen molar-refractivity contribution in [3.8, 4) is 0 Å². The summed E-state index contributed by atoms with van der Waals surface area (Å²) < 4.78 is 25.8. The summed E-state index contributed by atoms with van der Waals surface area (Å²) >= 11 is 0. The van der Waals surface area contributed by atoms with E-state index in [9.17, 15) is 9.59 Å². The normalized spacial score (nSPS) is 16.2. The van der Waals surface area contributed by atoms with Crippen LogP contribution in [0.25, 0.3) is 11.0 Å². The van der Waals surface area contributed by atoms with E-state index in [2.05, 4.69) is 20.4 Å². The molecule has 0 aliphatic heterocycles. The number of ether oxygens (including phenoxy) is 1. The quantitative estimate of drug-likeness (QED) is 0.370. The Morgan fingerprint density at radius 1 is 1.19 bits per heavy atom. The molecule has 1 aliphatic carbocycles. The number of rotatable bonds is 7. The molecule has 8 nitrogen and oxygen atoms in total. The Balaban J connectivity index is 1.60. The van der Waals surface area contributed by atoms with Crippen molar-refractivity contribution in [1.29, 1.82) is 0 Å². The molecule has 200 valence electrons. The molecule has 1 amide bonds. The minimum absolute atomic E-state index is 0.0792. The number of amides is 1. The van der Waals surface area contributed by atoms with Gasteiger partial charge in [0.15, 0.2) is 5.82 Å². The maximum Gasteiger partial charge on any atom is 0.306 e. The van der Waals surface area contributed by atoms with Gasteiger partial charge in [-0.3, -0.25) is 9.59 Å². The van der Waals surface area contributed by atoms with Crippen molar-refractivity contribution in [2.24, 2.45) is 5.92 Å². The Labute approximate surface area is 216 Å². The molecule has 3 aromatic rings. The zero-order valence-electron chi connectivity index (χ0n) is 22.2. The smallest absolute Gasteiger partial charge is 0.306 e. The SMILES string of the molecule is Cc1nocc1C(=O)NC(c1nc2c(F)c(CCC(=O)OC(C)(C)C)ccc2[nH]1)C1CCCCCCC1. The van der Waals surface area contributed by atoms with Crippen molar-refractivity contribution >= 4 is 22.9 Å². The van der Waals surface area contributed by atoms with Crippen LogP contribution in [0.3, 0.4) is 0 Å². The van der Waals surface area contributed by atoms with Crippen LogP contribution in [-0.2, 0) is 16.0 Å². The third kappa shape index (κ3) is 6.76. The molecule has 1 saturated carbocycles. The van der Waals surface area contributed by atoms with E-state index in [4.69, 9.17) is 9.26 Å². The molecule has 4 rings (SSSR count). The number of aryl methyl sites for hydroxylation is 2. The fourth-order valence-electron chi connectivity index (χ4n) is 5.03. The summed E-state index contributed by atoms with van der Waals surface area (Å²) in [5, 5.41) is 6.96. The molecule has 0 radical (unpaired) electrons. The summed E-state index contributed by atoms with van der Waals surface area (Å²) in [5.41, 5.74) is 1.48. The summed E-state index contributed by atoms with van der Waals surface area (Å²) in [5.74, 6) is -0.414. The number of nitrogens with one attached hydrogen (secondary N) is 2. The number of esters is 1. The molecular weight excluding hydrogens is 475 g/mol. The lowest BCUT2D eigenvalue weighted by atomic mass is 9.85. The van der Waals surface area contributed by atoms with E-state index in [0.717, 1.165) is 38.5 Å². The molecule has 1 atom stereocenters. The van der Waals surface area contributed by atoms with Crippen molar-refractivity contribution in [3.63, 3.8) is 0 Å². The van der Waals surface area contributed by atoms with Crippen LogP contribution in [0.5, 0.6) is 0 Å². The van der Waals surface area contributed by atoms with Gasteiger partial charge < -0.3 is 19.6 Å². The number of hydrogen-bond acceptors (Lipinski definition) is 6. The Bertz CT molecular complexity index is 1230. The van der Waals surface area contributed by atoms with Gasteiger partial charge in [0, 0.05) is 6.42 Å². The van der Waals surface area contributed by atoms with Gasteiger partial charge in [-0.1, -0.05) is 43.3 Å². The summed E-state index contributed by atoms with van der Waals surface area (Å²) in [6, 6.07) is 3.05. The van der Waals surface area contributed by atoms with E-state index in [1.807, 2.05) is 0 Å². The number of imidazole rings is 1. The molecule has 9 heteroatoms. The number of aromatic amines is 1. The van der Waals surface area contributed by atoms with Crippen LogP contribution >= 0.6 is 0 Å². The number of fused-ring (bicyclic) bond motifs is 1. The van der Waals surface area contributed by atoms with Crippen LogP contribution in [-0.4, -0.2) is 32.6 Å². The fourth-order valence-corrected chi connectivity index (χ4v) is 5.03. The Morgan fingerprint density at radius 3 is 2.54 bits per heavy atom. The zero-order valence-corrected chi connectivity index (χ0v) is 22.2. The Morgan fingerprint density at radius 2 is 1.89 bits per heavy atom. The summed E-state index contributed by atoms with van der Waals surface area (Å²) in [6.07, 6.45) is 9.25. The minimum atomic E-state index is -0.585. The first-order valence-corrected chi connectivity index (χ1v) is 13.2. The second kappa shape index (κ2) is 11.4. The number of benzene rings is 1. The highest BCUT2D eigenvalue weighted by molar-refractivity contribution is 5.95. The number of aromatic nitrogens is 3. The highest BCUT2D eigenvalue weighted by Crippen LogP contribution is 2.34. The van der Waals surface area contributed by atoms with Crippen molar-refractivity contribution in [1.82, 2.24) is 20.4 Å². The van der Waals surface area contributed by atoms with Crippen molar-refractivity contribution in [2.45, 2.75) is 97.1 Å². The second-order valence-electron chi connectivity index (χ2n) is 11.0. The van der Waals surface area contributed by atoms with E-state index in [1.54, 1.807) is 39.8 Å². The van der Waals surface area contributed by atoms with Crippen LogP contribution in [0.15, 0.2) is 22.9 Å². The predicted molar refractivity (Wildman–Crippen MR) is 137 cm³/mol. The molecular formula is C28H37FN4O4. The molecule has 1 aliphatic rings. The molecule has 1 unspecified atom stereocenters. The average Bonchev–Trinajstić information content (AvgIpc) is 3.43. The Kier molecular flexibility index (Phi) is 8.29. The molecule has 1 fully saturated rings. The van der Waals surface area contributed by atoms with Crippen LogP contribution in [0, 0.1) is 18.7 Å². The zero-order chi connectivity index (χ0) is 26.6. The number of halogens is 1. The van der Waals surface area contributed by atoms with Crippen LogP contribution < -0.4 is 5.32 Å². The predicted octanol–water partition coefficient (Wildman–Crippen LogP) is 6.10. The fraction of sp³-hybridized carbons (Fsp3) is 0.571. The third-order valence-electron chi connectivity index (χ3n) is 6.91. The Hall–Kier alpha value is -3.23. The summed E-state index contributed by atoms with van der Waals surface area (Å²) in [6.45, 7) is 7.13. The van der Waals surface area contributed by atoms with Gasteiger partial charge in [0.05, 0.1) is 17.3 Å². The molecule has 1 aromatic carbocycles. The third-order valence-corrected chi connectivity index (χ3v) is 6.91. The van der Waals surface area contributed by atoms with Crippen LogP contribution in [0.2, 0.25) is 0 Å². The lowest BCUT2D eigenvalue weighted by molar-refractivity contribution is -0.154. The van der Waals surface area contributed by atoms with Gasteiger partial charge in [-0.2, -0.15) is 0 Å². The van der Waals surface area contributed by atoms with Crippen molar-refractivity contribution in [3.05, 3.63) is 46.9 Å². The van der Waals surface area contributed by atoms with Crippen molar-refractivity contribution < 1.29 is 23.2 Å². The first-order valence-electron chi connectivity index (χ1n) is 13.2. The highest BCUT2D eigenvalue weighted by Gasteiger charge is 2.30. The lowest BCUT2D eigenvalue weighted by Gasteiger charge is -2.28. The first kappa shape index (κ1) is 26.8. The van der Waals surface area contributed by atoms with Gasteiger partial charge >= 0.3 is 5.97 Å². The molecule has 0 saturated heterocycles. The van der Waals surface area contributed by atoms with Gasteiger partial charge in [-0.25, -0.2) is 9.37 Å². The number of carbonyl (C=O) groups excluding carboxylic acids is 2. The van der Waals surface area contributed by atoms with Gasteiger partial charge in [-0.15, -0.1) is 0 Å². The van der Waals surface area contributed by atoms with Gasteiger partial charge in [0.1, 0.15) is 28.8 Å². The van der Waals surface area contributed by atoms with E-state index in [-0.39, 0.29) is 36.2 Å². The molecule has 37 heavy (non-hydrogen) atoms. The number of H-pyrrole nitrogens is 1. The maximum absolute atomic E-state index is 15.5. The number of hydrogen-bond donors (Lipinski definition) is 2. The molecule has 2 heterocycles. The maximum atomic E-state index is 15.5. The van der Waals surface area contributed by atoms with E-state index in [1.165, 1.54) is 12.7 Å². The second-order valence-corrected chi connectivity index (χ2v) is 11.0. The molecule has 2 N–H and O–H groups in total. The first-order chi connectivity index (χ1) is 17.6. The number of nitrogens with zero attached hydrogens (tertiary/aromatic N) is 2. The topological polar surface area (TPSA) is 110 Å². The van der Waals surface area contributed by atoms with E-state index in [0.29, 0.717) is 28.2 Å².